The molecule has 90 valence electrons. The van der Waals surface area contributed by atoms with Crippen LogP contribution in [-0.4, -0.2) is 24.6 Å². The van der Waals surface area contributed by atoms with Gasteiger partial charge in [0.15, 0.2) is 0 Å². The van der Waals surface area contributed by atoms with Crippen LogP contribution in [0.4, 0.5) is 0 Å². The second kappa shape index (κ2) is 8.46. The predicted molar refractivity (Wildman–Crippen MR) is 71.7 cm³/mol. The van der Waals surface area contributed by atoms with E-state index in [0.717, 1.165) is 12.0 Å². The van der Waals surface area contributed by atoms with Crippen LogP contribution in [0.25, 0.3) is 0 Å². The minimum atomic E-state index is 0.834. The Kier molecular flexibility index (Phi) is 7.54. The van der Waals surface area contributed by atoms with E-state index >= 15 is 0 Å². The van der Waals surface area contributed by atoms with Crippen LogP contribution in [0.2, 0.25) is 0 Å². The zero-order chi connectivity index (χ0) is 10.9. The molecule has 0 bridgehead atoms. The maximum atomic E-state index is 3.74. The molecule has 1 fully saturated rings. The highest BCUT2D eigenvalue weighted by atomic mass is 32.2. The van der Waals surface area contributed by atoms with E-state index < -0.39 is 0 Å². The molecule has 0 amide bonds. The molecule has 2 unspecified atom stereocenters. The van der Waals surface area contributed by atoms with E-state index in [1.807, 2.05) is 11.8 Å². The van der Waals surface area contributed by atoms with Crippen LogP contribution in [0.15, 0.2) is 0 Å². The summed E-state index contributed by atoms with van der Waals surface area (Å²) in [5.74, 6) is 2.31. The van der Waals surface area contributed by atoms with Crippen molar-refractivity contribution in [2.45, 2.75) is 57.9 Å². The van der Waals surface area contributed by atoms with Crippen LogP contribution in [0, 0.1) is 5.92 Å². The van der Waals surface area contributed by atoms with Crippen LogP contribution in [0.5, 0.6) is 0 Å². The predicted octanol–water partition coefficient (Wildman–Crippen LogP) is 3.69. The second-order valence-electron chi connectivity index (χ2n) is 4.74. The fourth-order valence-electron chi connectivity index (χ4n) is 2.64. The summed E-state index contributed by atoms with van der Waals surface area (Å²) in [4.78, 5) is 0. The summed E-state index contributed by atoms with van der Waals surface area (Å²) >= 11 is 1.99. The fourth-order valence-corrected chi connectivity index (χ4v) is 3.10. The Labute approximate surface area is 99.8 Å². The summed E-state index contributed by atoms with van der Waals surface area (Å²) < 4.78 is 0. The molecular weight excluding hydrogens is 202 g/mol. The molecule has 1 rings (SSSR count). The van der Waals surface area contributed by atoms with Gasteiger partial charge in [0, 0.05) is 6.04 Å². The van der Waals surface area contributed by atoms with Crippen molar-refractivity contribution >= 4 is 11.8 Å². The Morgan fingerprint density at radius 3 is 2.80 bits per heavy atom. The highest BCUT2D eigenvalue weighted by molar-refractivity contribution is 7.98. The van der Waals surface area contributed by atoms with Gasteiger partial charge in [-0.05, 0) is 56.6 Å². The molecule has 0 aromatic rings. The fraction of sp³-hybridized carbons (Fsp3) is 1.00. The van der Waals surface area contributed by atoms with E-state index in [-0.39, 0.29) is 0 Å². The first-order valence-electron chi connectivity index (χ1n) is 6.60. The maximum Gasteiger partial charge on any atom is 0.00953 e. The van der Waals surface area contributed by atoms with Crippen molar-refractivity contribution in [1.82, 2.24) is 5.32 Å². The first-order valence-corrected chi connectivity index (χ1v) is 8.00. The first-order chi connectivity index (χ1) is 7.38. The van der Waals surface area contributed by atoms with Crippen molar-refractivity contribution in [3.05, 3.63) is 0 Å². The molecule has 0 aromatic carbocycles. The molecule has 0 aromatic heterocycles. The zero-order valence-corrected chi connectivity index (χ0v) is 11.2. The summed E-state index contributed by atoms with van der Waals surface area (Å²) in [7, 11) is 0. The van der Waals surface area contributed by atoms with Gasteiger partial charge in [0.1, 0.15) is 0 Å². The SMILES string of the molecule is CCCNC1CCCCC1CCCSC. The third kappa shape index (κ3) is 5.26. The van der Waals surface area contributed by atoms with Crippen LogP contribution >= 0.6 is 11.8 Å². The van der Waals surface area contributed by atoms with Crippen molar-refractivity contribution < 1.29 is 0 Å². The molecule has 0 aliphatic heterocycles. The Morgan fingerprint density at radius 1 is 1.27 bits per heavy atom. The van der Waals surface area contributed by atoms with E-state index in [2.05, 4.69) is 18.5 Å². The Balaban J connectivity index is 2.22. The van der Waals surface area contributed by atoms with Gasteiger partial charge in [0.05, 0.1) is 0 Å². The molecule has 2 heteroatoms. The van der Waals surface area contributed by atoms with Gasteiger partial charge in [-0.1, -0.05) is 19.8 Å². The molecule has 0 radical (unpaired) electrons. The van der Waals surface area contributed by atoms with Crippen LogP contribution < -0.4 is 5.32 Å². The largest absolute Gasteiger partial charge is 0.314 e. The molecule has 0 heterocycles. The molecule has 0 spiro atoms. The Bertz CT molecular complexity index is 149. The van der Waals surface area contributed by atoms with Crippen LogP contribution in [0.3, 0.4) is 0 Å². The molecule has 15 heavy (non-hydrogen) atoms. The molecule has 1 N–H and O–H groups in total. The monoisotopic (exact) mass is 229 g/mol. The number of hydrogen-bond donors (Lipinski definition) is 1. The first kappa shape index (κ1) is 13.4. The summed E-state index contributed by atoms with van der Waals surface area (Å²) in [6, 6.07) is 0.834. The van der Waals surface area contributed by atoms with E-state index in [4.69, 9.17) is 0 Å². The number of rotatable bonds is 7. The third-order valence-electron chi connectivity index (χ3n) is 3.49. The zero-order valence-electron chi connectivity index (χ0n) is 10.4. The van der Waals surface area contributed by atoms with E-state index in [0.29, 0.717) is 0 Å². The van der Waals surface area contributed by atoms with Gasteiger partial charge in [-0.15, -0.1) is 0 Å². The second-order valence-corrected chi connectivity index (χ2v) is 5.73. The normalized spacial score (nSPS) is 26.8. The molecule has 1 saturated carbocycles. The summed E-state index contributed by atoms with van der Waals surface area (Å²) in [5, 5.41) is 3.74. The number of nitrogens with one attached hydrogen (secondary N) is 1. The lowest BCUT2D eigenvalue weighted by molar-refractivity contribution is 0.249. The molecular formula is C13H27NS. The van der Waals surface area contributed by atoms with Gasteiger partial charge in [0.2, 0.25) is 0 Å². The maximum absolute atomic E-state index is 3.74. The van der Waals surface area contributed by atoms with Gasteiger partial charge in [0.25, 0.3) is 0 Å². The van der Waals surface area contributed by atoms with Gasteiger partial charge in [-0.3, -0.25) is 0 Å². The van der Waals surface area contributed by atoms with Crippen molar-refractivity contribution in [1.29, 1.82) is 0 Å². The van der Waals surface area contributed by atoms with E-state index in [1.54, 1.807) is 0 Å². The van der Waals surface area contributed by atoms with Crippen molar-refractivity contribution in [3.63, 3.8) is 0 Å². The lowest BCUT2D eigenvalue weighted by Crippen LogP contribution is -2.38. The smallest absolute Gasteiger partial charge is 0.00953 e. The Morgan fingerprint density at radius 2 is 2.07 bits per heavy atom. The lowest BCUT2D eigenvalue weighted by atomic mass is 9.82. The highest BCUT2D eigenvalue weighted by Crippen LogP contribution is 2.28. The van der Waals surface area contributed by atoms with E-state index in [1.165, 1.54) is 57.2 Å². The van der Waals surface area contributed by atoms with Gasteiger partial charge >= 0.3 is 0 Å². The van der Waals surface area contributed by atoms with Crippen LogP contribution in [-0.2, 0) is 0 Å². The van der Waals surface area contributed by atoms with Crippen molar-refractivity contribution in [2.24, 2.45) is 5.92 Å². The molecule has 0 saturated heterocycles. The standard InChI is InChI=1S/C13H27NS/c1-3-10-14-13-9-5-4-7-12(13)8-6-11-15-2/h12-14H,3-11H2,1-2H3. The van der Waals surface area contributed by atoms with Crippen molar-refractivity contribution in [2.75, 3.05) is 18.6 Å². The number of thioether (sulfide) groups is 1. The molecule has 1 nitrogen and oxygen atoms in total. The average molecular weight is 229 g/mol. The molecule has 2 atom stereocenters. The molecule has 1 aliphatic carbocycles. The topological polar surface area (TPSA) is 12.0 Å². The van der Waals surface area contributed by atoms with Gasteiger partial charge in [-0.25, -0.2) is 0 Å². The lowest BCUT2D eigenvalue weighted by Gasteiger charge is -2.32. The third-order valence-corrected chi connectivity index (χ3v) is 4.19. The average Bonchev–Trinajstić information content (AvgIpc) is 2.28. The quantitative estimate of drug-likeness (QED) is 0.668. The van der Waals surface area contributed by atoms with Crippen LogP contribution in [0.1, 0.15) is 51.9 Å². The minimum Gasteiger partial charge on any atom is -0.314 e. The summed E-state index contributed by atoms with van der Waals surface area (Å²) in [5.41, 5.74) is 0. The number of hydrogen-bond acceptors (Lipinski definition) is 2. The highest BCUT2D eigenvalue weighted by Gasteiger charge is 2.23. The summed E-state index contributed by atoms with van der Waals surface area (Å²) in [6.45, 7) is 3.47. The summed E-state index contributed by atoms with van der Waals surface area (Å²) in [6.07, 6.45) is 12.1. The molecule has 1 aliphatic rings. The minimum absolute atomic E-state index is 0.834. The van der Waals surface area contributed by atoms with Gasteiger partial charge in [-0.2, -0.15) is 11.8 Å². The Hall–Kier alpha value is 0.310. The van der Waals surface area contributed by atoms with E-state index in [9.17, 15) is 0 Å². The van der Waals surface area contributed by atoms with Gasteiger partial charge < -0.3 is 5.32 Å². The van der Waals surface area contributed by atoms with Crippen molar-refractivity contribution in [3.8, 4) is 0 Å².